The number of carbonyl (C=O) groups is 1. The van der Waals surface area contributed by atoms with Crippen LogP contribution in [0.2, 0.25) is 5.15 Å². The summed E-state index contributed by atoms with van der Waals surface area (Å²) in [5.74, 6) is -0.0423. The summed E-state index contributed by atoms with van der Waals surface area (Å²) in [6, 6.07) is 3.15. The second kappa shape index (κ2) is 4.88. The highest BCUT2D eigenvalue weighted by atomic mass is 35.5. The second-order valence-corrected chi connectivity index (χ2v) is 3.41. The van der Waals surface area contributed by atoms with E-state index in [-0.39, 0.29) is 23.5 Å². The number of ether oxygens (including phenoxy) is 1. The third-order valence-corrected chi connectivity index (χ3v) is 1.92. The van der Waals surface area contributed by atoms with Crippen molar-refractivity contribution in [2.75, 3.05) is 0 Å². The van der Waals surface area contributed by atoms with Gasteiger partial charge >= 0.3 is 5.97 Å². The molecule has 2 aromatic heterocycles. The first kappa shape index (κ1) is 11.5. The van der Waals surface area contributed by atoms with Crippen molar-refractivity contribution >= 4 is 17.6 Å². The molecule has 0 fully saturated rings. The molecule has 0 unspecified atom stereocenters. The minimum Gasteiger partial charge on any atom is -0.456 e. The summed E-state index contributed by atoms with van der Waals surface area (Å²) in [7, 11) is 0. The highest BCUT2D eigenvalue weighted by molar-refractivity contribution is 6.29. The summed E-state index contributed by atoms with van der Waals surface area (Å²) < 4.78 is 9.92. The van der Waals surface area contributed by atoms with Gasteiger partial charge in [0.15, 0.2) is 11.8 Å². The van der Waals surface area contributed by atoms with Crippen LogP contribution in [0.1, 0.15) is 12.8 Å². The lowest BCUT2D eigenvalue weighted by molar-refractivity contribution is -0.142. The molecule has 0 saturated carbocycles. The van der Waals surface area contributed by atoms with E-state index < -0.39 is 5.97 Å². The first-order valence-electron chi connectivity index (χ1n) is 4.60. The first-order valence-corrected chi connectivity index (χ1v) is 4.98. The Kier molecular flexibility index (Phi) is 3.29. The molecule has 0 amide bonds. The molecule has 0 aliphatic rings. The summed E-state index contributed by atoms with van der Waals surface area (Å²) in [6.45, 7) is 1.23. The van der Waals surface area contributed by atoms with E-state index in [1.807, 2.05) is 0 Å². The SMILES string of the molecule is CC(=O)OCc1nnc(-c2ccc(Cl)nn2)o1. The lowest BCUT2D eigenvalue weighted by Gasteiger charge is -1.95. The number of esters is 1. The molecule has 0 aliphatic heterocycles. The van der Waals surface area contributed by atoms with E-state index in [0.717, 1.165) is 0 Å². The van der Waals surface area contributed by atoms with E-state index in [9.17, 15) is 4.79 Å². The standard InChI is InChI=1S/C9H7ClN4O3/c1-5(15)16-4-8-13-14-9(17-8)6-2-3-7(10)12-11-6/h2-3H,4H2,1H3. The topological polar surface area (TPSA) is 91.0 Å². The van der Waals surface area contributed by atoms with Gasteiger partial charge in [-0.25, -0.2) is 0 Å². The van der Waals surface area contributed by atoms with E-state index in [0.29, 0.717) is 5.69 Å². The molecule has 0 atom stereocenters. The smallest absolute Gasteiger partial charge is 0.303 e. The van der Waals surface area contributed by atoms with Gasteiger partial charge in [-0.05, 0) is 12.1 Å². The van der Waals surface area contributed by atoms with Gasteiger partial charge in [0, 0.05) is 6.92 Å². The van der Waals surface area contributed by atoms with E-state index in [1.54, 1.807) is 12.1 Å². The van der Waals surface area contributed by atoms with Gasteiger partial charge in [0.1, 0.15) is 5.69 Å². The van der Waals surface area contributed by atoms with Crippen molar-refractivity contribution in [1.29, 1.82) is 0 Å². The number of rotatable bonds is 3. The van der Waals surface area contributed by atoms with Crippen molar-refractivity contribution in [2.24, 2.45) is 0 Å². The van der Waals surface area contributed by atoms with Crippen molar-refractivity contribution < 1.29 is 13.9 Å². The molecule has 0 N–H and O–H groups in total. The Morgan fingerprint density at radius 3 is 2.82 bits per heavy atom. The first-order chi connectivity index (χ1) is 8.15. The average Bonchev–Trinajstić information content (AvgIpc) is 2.76. The lowest BCUT2D eigenvalue weighted by atomic mass is 10.4. The van der Waals surface area contributed by atoms with Crippen LogP contribution in [0, 0.1) is 0 Å². The number of nitrogens with zero attached hydrogens (tertiary/aromatic N) is 4. The maximum absolute atomic E-state index is 10.6. The Hall–Kier alpha value is -2.02. The Morgan fingerprint density at radius 2 is 2.18 bits per heavy atom. The molecule has 0 spiro atoms. The number of halogens is 1. The Bertz CT molecular complexity index is 525. The molecule has 2 aromatic rings. The summed E-state index contributed by atoms with van der Waals surface area (Å²) >= 11 is 5.59. The van der Waals surface area contributed by atoms with Gasteiger partial charge in [0.05, 0.1) is 0 Å². The molecular weight excluding hydrogens is 248 g/mol. The molecule has 7 nitrogen and oxygen atoms in total. The molecule has 2 heterocycles. The molecule has 0 aliphatic carbocycles. The van der Waals surface area contributed by atoms with Crippen molar-refractivity contribution in [3.8, 4) is 11.6 Å². The molecule has 0 aromatic carbocycles. The zero-order chi connectivity index (χ0) is 12.3. The van der Waals surface area contributed by atoms with Crippen LogP contribution in [-0.2, 0) is 16.1 Å². The van der Waals surface area contributed by atoms with Crippen LogP contribution in [-0.4, -0.2) is 26.4 Å². The fraction of sp³-hybridized carbons (Fsp3) is 0.222. The van der Waals surface area contributed by atoms with Crippen LogP contribution in [0.4, 0.5) is 0 Å². The van der Waals surface area contributed by atoms with Gasteiger partial charge in [-0.2, -0.15) is 0 Å². The third-order valence-electron chi connectivity index (χ3n) is 1.72. The van der Waals surface area contributed by atoms with Crippen LogP contribution in [0.5, 0.6) is 0 Å². The maximum Gasteiger partial charge on any atom is 0.303 e. The molecule has 0 bridgehead atoms. The predicted molar refractivity (Wildman–Crippen MR) is 55.8 cm³/mol. The normalized spacial score (nSPS) is 10.2. The summed E-state index contributed by atoms with van der Waals surface area (Å²) in [5, 5.41) is 15.1. The van der Waals surface area contributed by atoms with E-state index in [2.05, 4.69) is 20.4 Å². The van der Waals surface area contributed by atoms with Crippen molar-refractivity contribution in [2.45, 2.75) is 13.5 Å². The lowest BCUT2D eigenvalue weighted by Crippen LogP contribution is -1.98. The molecule has 0 radical (unpaired) electrons. The van der Waals surface area contributed by atoms with Crippen LogP contribution in [0.25, 0.3) is 11.6 Å². The number of hydrogen-bond donors (Lipinski definition) is 0. The monoisotopic (exact) mass is 254 g/mol. The molecule has 2 rings (SSSR count). The number of aromatic nitrogens is 4. The quantitative estimate of drug-likeness (QED) is 0.761. The number of hydrogen-bond acceptors (Lipinski definition) is 7. The zero-order valence-corrected chi connectivity index (χ0v) is 9.51. The van der Waals surface area contributed by atoms with Gasteiger partial charge in [-0.15, -0.1) is 20.4 Å². The van der Waals surface area contributed by atoms with Gasteiger partial charge in [0.2, 0.25) is 0 Å². The minimum atomic E-state index is -0.420. The summed E-state index contributed by atoms with van der Waals surface area (Å²) in [5.41, 5.74) is 0.399. The molecule has 88 valence electrons. The highest BCUT2D eigenvalue weighted by Crippen LogP contribution is 2.15. The largest absolute Gasteiger partial charge is 0.456 e. The predicted octanol–water partition coefficient (Wildman–Crippen LogP) is 1.24. The van der Waals surface area contributed by atoms with E-state index in [4.69, 9.17) is 20.8 Å². The molecule has 0 saturated heterocycles. The van der Waals surface area contributed by atoms with Gasteiger partial charge in [-0.1, -0.05) is 11.6 Å². The Morgan fingerprint density at radius 1 is 1.35 bits per heavy atom. The van der Waals surface area contributed by atoms with E-state index in [1.165, 1.54) is 6.92 Å². The van der Waals surface area contributed by atoms with Crippen molar-refractivity contribution in [3.05, 3.63) is 23.2 Å². The maximum atomic E-state index is 10.6. The zero-order valence-electron chi connectivity index (χ0n) is 8.75. The highest BCUT2D eigenvalue weighted by Gasteiger charge is 2.11. The summed E-state index contributed by atoms with van der Waals surface area (Å²) in [6.07, 6.45) is 0. The molecule has 17 heavy (non-hydrogen) atoms. The van der Waals surface area contributed by atoms with Gasteiger partial charge in [-0.3, -0.25) is 4.79 Å². The van der Waals surface area contributed by atoms with E-state index >= 15 is 0 Å². The Balaban J connectivity index is 2.12. The minimum absolute atomic E-state index is 0.0661. The number of carbonyl (C=O) groups excluding carboxylic acids is 1. The fourth-order valence-corrected chi connectivity index (χ4v) is 1.11. The van der Waals surface area contributed by atoms with Gasteiger partial charge in [0.25, 0.3) is 11.8 Å². The van der Waals surface area contributed by atoms with Crippen LogP contribution >= 0.6 is 11.6 Å². The summed E-state index contributed by atoms with van der Waals surface area (Å²) in [4.78, 5) is 10.6. The second-order valence-electron chi connectivity index (χ2n) is 3.02. The Labute approximate surface area is 101 Å². The van der Waals surface area contributed by atoms with Crippen LogP contribution in [0.3, 0.4) is 0 Å². The van der Waals surface area contributed by atoms with Crippen molar-refractivity contribution in [3.63, 3.8) is 0 Å². The molecular formula is C9H7ClN4O3. The van der Waals surface area contributed by atoms with Crippen molar-refractivity contribution in [1.82, 2.24) is 20.4 Å². The van der Waals surface area contributed by atoms with Gasteiger partial charge < -0.3 is 9.15 Å². The average molecular weight is 255 g/mol. The fourth-order valence-electron chi connectivity index (χ4n) is 1.01. The third kappa shape index (κ3) is 2.97. The van der Waals surface area contributed by atoms with Crippen LogP contribution < -0.4 is 0 Å². The molecule has 8 heteroatoms. The van der Waals surface area contributed by atoms with Crippen LogP contribution in [0.15, 0.2) is 16.5 Å².